The molecule has 1 atom stereocenters. The van der Waals surface area contributed by atoms with Crippen LogP contribution in [0.1, 0.15) is 12.8 Å². The molecular weight excluding hydrogens is 194 g/mol. The fraction of sp³-hybridized carbons (Fsp3) is 1.00. The smallest absolute Gasteiger partial charge is 0.0700 e. The minimum Gasteiger partial charge on any atom is -0.396 e. The van der Waals surface area contributed by atoms with Crippen molar-refractivity contribution in [1.29, 1.82) is 0 Å². The highest BCUT2D eigenvalue weighted by atomic mass is 16.5. The number of piperidine rings is 1. The zero-order valence-corrected chi connectivity index (χ0v) is 9.65. The lowest BCUT2D eigenvalue weighted by Gasteiger charge is -2.31. The van der Waals surface area contributed by atoms with Gasteiger partial charge in [-0.1, -0.05) is 0 Å². The van der Waals surface area contributed by atoms with E-state index in [0.29, 0.717) is 25.7 Å². The van der Waals surface area contributed by atoms with Crippen LogP contribution in [0.2, 0.25) is 0 Å². The zero-order chi connectivity index (χ0) is 10.9. The quantitative estimate of drug-likeness (QED) is 0.625. The Bertz CT molecular complexity index is 155. The first kappa shape index (κ1) is 12.9. The molecule has 4 heteroatoms. The molecule has 0 aliphatic carbocycles. The third kappa shape index (κ3) is 5.47. The molecule has 0 saturated carbocycles. The van der Waals surface area contributed by atoms with Crippen LogP contribution >= 0.6 is 0 Å². The number of methoxy groups -OCH3 is 1. The Balaban J connectivity index is 2.00. The summed E-state index contributed by atoms with van der Waals surface area (Å²) in [6.07, 6.45) is 2.36. The number of aliphatic hydroxyl groups is 1. The molecule has 1 N–H and O–H groups in total. The van der Waals surface area contributed by atoms with Crippen LogP contribution < -0.4 is 0 Å². The first-order chi connectivity index (χ1) is 7.36. The summed E-state index contributed by atoms with van der Waals surface area (Å²) in [6, 6.07) is 0. The van der Waals surface area contributed by atoms with E-state index in [-0.39, 0.29) is 0 Å². The molecule has 0 unspecified atom stereocenters. The predicted molar refractivity (Wildman–Crippen MR) is 58.9 cm³/mol. The van der Waals surface area contributed by atoms with Gasteiger partial charge in [-0.05, 0) is 25.3 Å². The van der Waals surface area contributed by atoms with E-state index in [2.05, 4.69) is 4.90 Å². The van der Waals surface area contributed by atoms with Crippen LogP contribution in [0.15, 0.2) is 0 Å². The summed E-state index contributed by atoms with van der Waals surface area (Å²) < 4.78 is 10.3. The van der Waals surface area contributed by atoms with Crippen LogP contribution in [-0.2, 0) is 9.47 Å². The minimum atomic E-state index is 0.320. The molecule has 1 aliphatic heterocycles. The molecular formula is C11H23NO3. The summed E-state index contributed by atoms with van der Waals surface area (Å²) in [4.78, 5) is 2.37. The fourth-order valence-corrected chi connectivity index (χ4v) is 1.94. The summed E-state index contributed by atoms with van der Waals surface area (Å²) in [5.41, 5.74) is 0. The predicted octanol–water partition coefficient (Wildman–Crippen LogP) is 0.354. The first-order valence-electron chi connectivity index (χ1n) is 5.76. The molecule has 1 heterocycles. The molecule has 0 spiro atoms. The van der Waals surface area contributed by atoms with Gasteiger partial charge in [0.25, 0.3) is 0 Å². The van der Waals surface area contributed by atoms with Gasteiger partial charge in [0.2, 0.25) is 0 Å². The van der Waals surface area contributed by atoms with Gasteiger partial charge in [-0.15, -0.1) is 0 Å². The maximum Gasteiger partial charge on any atom is 0.0700 e. The van der Waals surface area contributed by atoms with Crippen molar-refractivity contribution in [3.63, 3.8) is 0 Å². The van der Waals surface area contributed by atoms with E-state index in [1.54, 1.807) is 7.11 Å². The van der Waals surface area contributed by atoms with E-state index in [0.717, 1.165) is 32.7 Å². The van der Waals surface area contributed by atoms with Crippen molar-refractivity contribution in [3.8, 4) is 0 Å². The molecule has 1 saturated heterocycles. The minimum absolute atomic E-state index is 0.320. The largest absolute Gasteiger partial charge is 0.396 e. The Hall–Kier alpha value is -0.160. The molecule has 90 valence electrons. The number of aliphatic hydroxyl groups excluding tert-OH is 1. The van der Waals surface area contributed by atoms with Crippen LogP contribution in [0.3, 0.4) is 0 Å². The Kier molecular flexibility index (Phi) is 6.92. The highest BCUT2D eigenvalue weighted by Crippen LogP contribution is 2.14. The molecule has 0 aromatic heterocycles. The summed E-state index contributed by atoms with van der Waals surface area (Å²) in [5, 5.41) is 9.08. The van der Waals surface area contributed by atoms with Gasteiger partial charge in [-0.3, -0.25) is 0 Å². The summed E-state index contributed by atoms with van der Waals surface area (Å²) in [5.74, 6) is 0.470. The van der Waals surface area contributed by atoms with Crippen LogP contribution in [0, 0.1) is 5.92 Å². The highest BCUT2D eigenvalue weighted by molar-refractivity contribution is 4.71. The van der Waals surface area contributed by atoms with Crippen molar-refractivity contribution in [2.24, 2.45) is 5.92 Å². The third-order valence-corrected chi connectivity index (χ3v) is 2.84. The van der Waals surface area contributed by atoms with Crippen molar-refractivity contribution in [3.05, 3.63) is 0 Å². The topological polar surface area (TPSA) is 41.9 Å². The Morgan fingerprint density at radius 3 is 2.93 bits per heavy atom. The highest BCUT2D eigenvalue weighted by Gasteiger charge is 2.18. The molecule has 0 aromatic rings. The molecule has 0 radical (unpaired) electrons. The molecule has 0 amide bonds. The van der Waals surface area contributed by atoms with E-state index >= 15 is 0 Å². The lowest BCUT2D eigenvalue weighted by Crippen LogP contribution is -2.38. The first-order valence-corrected chi connectivity index (χ1v) is 5.76. The summed E-state index contributed by atoms with van der Waals surface area (Å²) >= 11 is 0. The Morgan fingerprint density at radius 1 is 1.33 bits per heavy atom. The molecule has 1 rings (SSSR count). The van der Waals surface area contributed by atoms with E-state index in [9.17, 15) is 0 Å². The van der Waals surface area contributed by atoms with Crippen molar-refractivity contribution in [2.75, 3.05) is 53.2 Å². The van der Waals surface area contributed by atoms with E-state index in [1.807, 2.05) is 0 Å². The monoisotopic (exact) mass is 217 g/mol. The van der Waals surface area contributed by atoms with Crippen molar-refractivity contribution >= 4 is 0 Å². The van der Waals surface area contributed by atoms with Gasteiger partial charge in [0.15, 0.2) is 0 Å². The SMILES string of the molecule is COCCOCCN1CCC[C@@H](CO)C1. The van der Waals surface area contributed by atoms with Crippen molar-refractivity contribution < 1.29 is 14.6 Å². The van der Waals surface area contributed by atoms with Gasteiger partial charge < -0.3 is 19.5 Å². The number of rotatable bonds is 7. The van der Waals surface area contributed by atoms with Crippen molar-refractivity contribution in [1.82, 2.24) is 4.90 Å². The van der Waals surface area contributed by atoms with Gasteiger partial charge in [0.1, 0.15) is 0 Å². The second kappa shape index (κ2) is 8.05. The Morgan fingerprint density at radius 2 is 2.20 bits per heavy atom. The summed E-state index contributed by atoms with van der Waals surface area (Å²) in [7, 11) is 1.68. The van der Waals surface area contributed by atoms with Gasteiger partial charge in [0, 0.05) is 26.8 Å². The number of hydrogen-bond donors (Lipinski definition) is 1. The van der Waals surface area contributed by atoms with Crippen LogP contribution in [0.25, 0.3) is 0 Å². The maximum atomic E-state index is 9.08. The molecule has 0 aromatic carbocycles. The number of nitrogens with zero attached hydrogens (tertiary/aromatic N) is 1. The molecule has 1 aliphatic rings. The molecule has 1 fully saturated rings. The number of likely N-dealkylation sites (tertiary alicyclic amines) is 1. The maximum absolute atomic E-state index is 9.08. The average molecular weight is 217 g/mol. The second-order valence-electron chi connectivity index (χ2n) is 4.10. The number of ether oxygens (including phenoxy) is 2. The van der Waals surface area contributed by atoms with Gasteiger partial charge >= 0.3 is 0 Å². The summed E-state index contributed by atoms with van der Waals surface area (Å²) in [6.45, 7) is 5.56. The average Bonchev–Trinajstić information content (AvgIpc) is 2.29. The lowest BCUT2D eigenvalue weighted by molar-refractivity contribution is 0.0444. The van der Waals surface area contributed by atoms with Gasteiger partial charge in [-0.2, -0.15) is 0 Å². The van der Waals surface area contributed by atoms with Gasteiger partial charge in [-0.25, -0.2) is 0 Å². The third-order valence-electron chi connectivity index (χ3n) is 2.84. The standard InChI is InChI=1S/C11H23NO3/c1-14-7-8-15-6-5-12-4-2-3-11(9-12)10-13/h11,13H,2-10H2,1H3/t11-/m1/s1. The van der Waals surface area contributed by atoms with Crippen LogP contribution in [-0.4, -0.2) is 63.2 Å². The van der Waals surface area contributed by atoms with Gasteiger partial charge in [0.05, 0.1) is 19.8 Å². The second-order valence-corrected chi connectivity index (χ2v) is 4.10. The van der Waals surface area contributed by atoms with Crippen molar-refractivity contribution in [2.45, 2.75) is 12.8 Å². The van der Waals surface area contributed by atoms with Crippen LogP contribution in [0.4, 0.5) is 0 Å². The van der Waals surface area contributed by atoms with E-state index in [1.165, 1.54) is 6.42 Å². The van der Waals surface area contributed by atoms with E-state index in [4.69, 9.17) is 14.6 Å². The van der Waals surface area contributed by atoms with Crippen LogP contribution in [0.5, 0.6) is 0 Å². The molecule has 0 bridgehead atoms. The number of hydrogen-bond acceptors (Lipinski definition) is 4. The fourth-order valence-electron chi connectivity index (χ4n) is 1.94. The zero-order valence-electron chi connectivity index (χ0n) is 9.65. The lowest BCUT2D eigenvalue weighted by atomic mass is 9.99. The van der Waals surface area contributed by atoms with E-state index < -0.39 is 0 Å². The molecule has 15 heavy (non-hydrogen) atoms. The Labute approximate surface area is 92.2 Å². The molecule has 4 nitrogen and oxygen atoms in total. The normalized spacial score (nSPS) is 23.2.